The minimum atomic E-state index is 0. The van der Waals surface area contributed by atoms with Crippen LogP contribution in [0.5, 0.6) is 0 Å². The van der Waals surface area contributed by atoms with Gasteiger partial charge in [-0.3, -0.25) is 0 Å². The average molecular weight is 164 g/mol. The molecule has 0 spiro atoms. The van der Waals surface area contributed by atoms with Crippen molar-refractivity contribution in [3.05, 3.63) is 0 Å². The van der Waals surface area contributed by atoms with Gasteiger partial charge in [0.15, 0.2) is 0 Å². The van der Waals surface area contributed by atoms with Crippen molar-refractivity contribution >= 4 is 79.7 Å². The van der Waals surface area contributed by atoms with E-state index in [0.717, 1.165) is 15.7 Å². The van der Waals surface area contributed by atoms with Gasteiger partial charge in [-0.05, 0) is 6.26 Å². The molecule has 0 aliphatic heterocycles. The molecule has 0 rings (SSSR count). The number of rotatable bonds is 0. The molecule has 0 aromatic carbocycles. The van der Waals surface area contributed by atoms with Crippen LogP contribution >= 0.6 is 24.0 Å². The molecule has 1 nitrogen and oxygen atoms in total. The van der Waals surface area contributed by atoms with E-state index < -0.39 is 0 Å². The molecule has 0 unspecified atom stereocenters. The van der Waals surface area contributed by atoms with Gasteiger partial charge in [0.2, 0.25) is 0 Å². The molecule has 40 valence electrons. The van der Waals surface area contributed by atoms with Crippen LogP contribution in [0.2, 0.25) is 0 Å². The van der Waals surface area contributed by atoms with Crippen LogP contribution in [0.15, 0.2) is 0 Å². The van der Waals surface area contributed by atoms with Crippen molar-refractivity contribution in [2.24, 2.45) is 0 Å². The van der Waals surface area contributed by atoms with Gasteiger partial charge >= 0.3 is 51.4 Å². The van der Waals surface area contributed by atoms with Crippen LogP contribution in [-0.2, 0) is 4.74 Å². The molecule has 0 aliphatic rings. The van der Waals surface area contributed by atoms with E-state index in [1.54, 1.807) is 7.11 Å². The molecule has 0 aromatic heterocycles. The normalized spacial score (nSPS) is 11.6. The van der Waals surface area contributed by atoms with Crippen LogP contribution < -0.4 is 0 Å². The number of hydrogen-bond acceptors (Lipinski definition) is 1. The van der Waals surface area contributed by atoms with Crippen molar-refractivity contribution in [3.63, 3.8) is 0 Å². The summed E-state index contributed by atoms with van der Waals surface area (Å²) in [4.78, 5) is 0. The number of ether oxygens (including phenoxy) is 1. The second-order valence-corrected chi connectivity index (χ2v) is 2.32. The Hall–Kier alpha value is 2.17. The zero-order valence-electron chi connectivity index (χ0n) is 3.80. The summed E-state index contributed by atoms with van der Waals surface area (Å²) in [5.41, 5.74) is 0. The van der Waals surface area contributed by atoms with Crippen molar-refractivity contribution in [1.29, 1.82) is 0 Å². The third kappa shape index (κ3) is 8.17. The van der Waals surface area contributed by atoms with E-state index in [0.29, 0.717) is 0 Å². The van der Waals surface area contributed by atoms with E-state index in [4.69, 9.17) is 0 Å². The predicted octanol–water partition coefficient (Wildman–Crippen LogP) is 0.0968. The molecular weight excluding hydrogens is 155 g/mol. The minimum absolute atomic E-state index is 0. The molecule has 0 saturated carbocycles. The van der Waals surface area contributed by atoms with Gasteiger partial charge in [0.05, 0.1) is 0 Å². The van der Waals surface area contributed by atoms with Crippen molar-refractivity contribution in [2.45, 2.75) is 0 Å². The Labute approximate surface area is 96.0 Å². The molecule has 0 aliphatic carbocycles. The van der Waals surface area contributed by atoms with Crippen LogP contribution in [0, 0.1) is 0 Å². The zero-order chi connectivity index (χ0) is 4.99. The SMILES string of the molecule is COC(S)=[SH]C.[KH]. The van der Waals surface area contributed by atoms with Gasteiger partial charge in [0.1, 0.15) is 4.38 Å². The Kier molecular flexibility index (Phi) is 13.9. The summed E-state index contributed by atoms with van der Waals surface area (Å²) in [5, 5.41) is 0. The first-order valence-corrected chi connectivity index (χ1v) is 3.30. The van der Waals surface area contributed by atoms with Crippen molar-refractivity contribution in [1.82, 2.24) is 0 Å². The summed E-state index contributed by atoms with van der Waals surface area (Å²) in [6.07, 6.45) is 1.96. The second kappa shape index (κ2) is 8.17. The first kappa shape index (κ1) is 11.9. The van der Waals surface area contributed by atoms with Gasteiger partial charge in [-0.15, -0.1) is 12.6 Å². The molecule has 0 amide bonds. The van der Waals surface area contributed by atoms with Crippen LogP contribution in [0.1, 0.15) is 0 Å². The topological polar surface area (TPSA) is 9.23 Å². The fraction of sp³-hybridized carbons (Fsp3) is 0.667. The molecule has 4 heteroatoms. The standard InChI is InChI=1S/C3H8OS2.K.H/c1-4-3(5)6-2;;/h5-6H,1-2H3;;. The molecule has 7 heavy (non-hydrogen) atoms. The van der Waals surface area contributed by atoms with Gasteiger partial charge in [0.25, 0.3) is 0 Å². The van der Waals surface area contributed by atoms with Crippen molar-refractivity contribution < 1.29 is 4.74 Å². The third-order valence-corrected chi connectivity index (χ3v) is 1.72. The molecule has 0 saturated heterocycles. The van der Waals surface area contributed by atoms with E-state index in [9.17, 15) is 0 Å². The molecule has 0 radical (unpaired) electrons. The summed E-state index contributed by atoms with van der Waals surface area (Å²) < 4.78 is 5.43. The van der Waals surface area contributed by atoms with E-state index in [1.165, 1.54) is 0 Å². The Bertz CT molecular complexity index is 64.0. The summed E-state index contributed by atoms with van der Waals surface area (Å²) in [7, 11) is 1.61. The molecule has 0 N–H and O–H groups in total. The molecule has 0 bridgehead atoms. The van der Waals surface area contributed by atoms with Gasteiger partial charge in [0, 0.05) is 7.11 Å². The average Bonchev–Trinajstić information content (AvgIpc) is 1.65. The summed E-state index contributed by atoms with van der Waals surface area (Å²) >= 11 is 5.00. The zero-order valence-corrected chi connectivity index (χ0v) is 5.59. The molecule has 0 heterocycles. The van der Waals surface area contributed by atoms with Crippen LogP contribution in [0.4, 0.5) is 0 Å². The maximum atomic E-state index is 4.67. The van der Waals surface area contributed by atoms with Crippen LogP contribution in [0.25, 0.3) is 0 Å². The molecule has 0 aromatic rings. The third-order valence-electron chi connectivity index (χ3n) is 0.374. The van der Waals surface area contributed by atoms with E-state index in [2.05, 4.69) is 17.4 Å². The summed E-state index contributed by atoms with van der Waals surface area (Å²) in [6, 6.07) is 0. The van der Waals surface area contributed by atoms with Crippen molar-refractivity contribution in [3.8, 4) is 0 Å². The Morgan fingerprint density at radius 1 is 1.71 bits per heavy atom. The van der Waals surface area contributed by atoms with Gasteiger partial charge in [-0.1, -0.05) is 0 Å². The summed E-state index contributed by atoms with van der Waals surface area (Å²) in [5.74, 6) is 0. The Morgan fingerprint density at radius 3 is 2.14 bits per heavy atom. The van der Waals surface area contributed by atoms with Gasteiger partial charge < -0.3 is 4.74 Å². The van der Waals surface area contributed by atoms with E-state index in [-0.39, 0.29) is 51.4 Å². The maximum absolute atomic E-state index is 4.67. The number of thiol groups is 2. The first-order valence-electron chi connectivity index (χ1n) is 1.51. The Balaban J connectivity index is 0. The fourth-order valence-corrected chi connectivity index (χ4v) is 0.274. The van der Waals surface area contributed by atoms with Gasteiger partial charge in [-0.2, -0.15) is 11.4 Å². The monoisotopic (exact) mass is 164 g/mol. The second-order valence-electron chi connectivity index (χ2n) is 0.710. The van der Waals surface area contributed by atoms with E-state index in [1.807, 2.05) is 6.26 Å². The number of methoxy groups -OCH3 is 1. The quantitative estimate of drug-likeness (QED) is 0.293. The van der Waals surface area contributed by atoms with Gasteiger partial charge in [-0.25, -0.2) is 0 Å². The van der Waals surface area contributed by atoms with E-state index >= 15 is 0 Å². The summed E-state index contributed by atoms with van der Waals surface area (Å²) in [6.45, 7) is 0. The molecular formula is C3H9KOS2. The predicted molar refractivity (Wildman–Crippen MR) is 43.1 cm³/mol. The van der Waals surface area contributed by atoms with Crippen molar-refractivity contribution in [2.75, 3.05) is 13.4 Å². The first-order chi connectivity index (χ1) is 2.81. The van der Waals surface area contributed by atoms with Crippen LogP contribution in [-0.4, -0.2) is 69.1 Å². The Morgan fingerprint density at radius 2 is 2.14 bits per heavy atom. The van der Waals surface area contributed by atoms with Crippen LogP contribution in [0.3, 0.4) is 0 Å². The molecule has 0 atom stereocenters. The molecule has 0 fully saturated rings. The fourth-order valence-electron chi connectivity index (χ4n) is 0.0913. The number of hydrogen-bond donors (Lipinski definition) is 2.